The predicted octanol–water partition coefficient (Wildman–Crippen LogP) is 2.04. The molecule has 1 aromatic carbocycles. The van der Waals surface area contributed by atoms with E-state index in [0.29, 0.717) is 11.6 Å². The fraction of sp³-hybridized carbons (Fsp3) is 0.368. The number of nitrogens with zero attached hydrogens (tertiary/aromatic N) is 2. The highest BCUT2D eigenvalue weighted by atomic mass is 16.1. The van der Waals surface area contributed by atoms with E-state index in [1.807, 2.05) is 18.2 Å². The first kappa shape index (κ1) is 14.2. The first-order valence-electron chi connectivity index (χ1n) is 8.13. The summed E-state index contributed by atoms with van der Waals surface area (Å²) in [5.41, 5.74) is 1.23. The van der Waals surface area contributed by atoms with Crippen LogP contribution in [0.25, 0.3) is 10.8 Å². The van der Waals surface area contributed by atoms with Gasteiger partial charge in [0.25, 0.3) is 5.91 Å². The van der Waals surface area contributed by atoms with Crippen molar-refractivity contribution in [1.82, 2.24) is 15.2 Å². The van der Waals surface area contributed by atoms with E-state index in [4.69, 9.17) is 6.42 Å². The van der Waals surface area contributed by atoms with Gasteiger partial charge in [-0.2, -0.15) is 0 Å². The van der Waals surface area contributed by atoms with Crippen molar-refractivity contribution in [3.05, 3.63) is 41.7 Å². The van der Waals surface area contributed by atoms with Crippen LogP contribution in [0.15, 0.2) is 30.5 Å². The highest BCUT2D eigenvalue weighted by Gasteiger charge is 2.35. The van der Waals surface area contributed by atoms with Crippen LogP contribution in [0.1, 0.15) is 28.9 Å². The van der Waals surface area contributed by atoms with Crippen molar-refractivity contribution >= 4 is 16.7 Å². The number of carbonyl (C=O) groups excluding carboxylic acids is 1. The summed E-state index contributed by atoms with van der Waals surface area (Å²) in [6.45, 7) is 3.28. The smallest absolute Gasteiger partial charge is 0.270 e. The summed E-state index contributed by atoms with van der Waals surface area (Å²) in [5, 5.41) is 5.04. The predicted molar refractivity (Wildman–Crippen MR) is 90.1 cm³/mol. The zero-order chi connectivity index (χ0) is 15.8. The number of terminal acetylenes is 1. The number of aromatic nitrogens is 1. The van der Waals surface area contributed by atoms with E-state index in [2.05, 4.69) is 21.1 Å². The van der Waals surface area contributed by atoms with Crippen molar-refractivity contribution in [3.63, 3.8) is 0 Å². The van der Waals surface area contributed by atoms with Gasteiger partial charge in [0.05, 0.1) is 0 Å². The standard InChI is InChI=1S/C19H19N3O/c1-2-13-4-3-5-15-11-20-17(10-16(13)15)19(23)21-18-12-22-8-6-14(18)7-9-22/h1,3-5,10-11,14,18H,6-9,12H2,(H,21,23). The van der Waals surface area contributed by atoms with Gasteiger partial charge in [-0.25, -0.2) is 0 Å². The van der Waals surface area contributed by atoms with Crippen LogP contribution < -0.4 is 5.32 Å². The Bertz CT molecular complexity index is 800. The molecule has 0 saturated carbocycles. The van der Waals surface area contributed by atoms with Crippen LogP contribution >= 0.6 is 0 Å². The van der Waals surface area contributed by atoms with E-state index in [0.717, 1.165) is 36.0 Å². The fourth-order valence-electron chi connectivity index (χ4n) is 3.79. The molecule has 1 aromatic heterocycles. The Balaban J connectivity index is 1.59. The third kappa shape index (κ3) is 2.58. The van der Waals surface area contributed by atoms with Gasteiger partial charge in [0.1, 0.15) is 5.69 Å². The van der Waals surface area contributed by atoms with Crippen molar-refractivity contribution < 1.29 is 4.79 Å². The molecule has 0 aliphatic carbocycles. The molecule has 0 spiro atoms. The third-order valence-corrected chi connectivity index (χ3v) is 5.12. The second-order valence-corrected chi connectivity index (χ2v) is 6.46. The molecule has 4 heterocycles. The molecule has 3 saturated heterocycles. The van der Waals surface area contributed by atoms with Crippen LogP contribution in [0.2, 0.25) is 0 Å². The van der Waals surface area contributed by atoms with Gasteiger partial charge >= 0.3 is 0 Å². The van der Waals surface area contributed by atoms with Crippen molar-refractivity contribution in [2.75, 3.05) is 19.6 Å². The van der Waals surface area contributed by atoms with Crippen LogP contribution in [0.3, 0.4) is 0 Å². The number of fused-ring (bicyclic) bond motifs is 4. The summed E-state index contributed by atoms with van der Waals surface area (Å²) in [5.74, 6) is 3.18. The van der Waals surface area contributed by atoms with Gasteiger partial charge < -0.3 is 10.2 Å². The highest BCUT2D eigenvalue weighted by Crippen LogP contribution is 2.27. The molecule has 23 heavy (non-hydrogen) atoms. The Morgan fingerprint density at radius 3 is 2.87 bits per heavy atom. The topological polar surface area (TPSA) is 45.2 Å². The molecule has 1 amide bonds. The summed E-state index contributed by atoms with van der Waals surface area (Å²) in [7, 11) is 0. The van der Waals surface area contributed by atoms with Crippen LogP contribution in [0.5, 0.6) is 0 Å². The summed E-state index contributed by atoms with van der Waals surface area (Å²) in [6.07, 6.45) is 9.64. The molecular formula is C19H19N3O. The van der Waals surface area contributed by atoms with Crippen LogP contribution in [0.4, 0.5) is 0 Å². The number of hydrogen-bond acceptors (Lipinski definition) is 3. The number of carbonyl (C=O) groups is 1. The van der Waals surface area contributed by atoms with E-state index < -0.39 is 0 Å². The zero-order valence-electron chi connectivity index (χ0n) is 13.0. The maximum Gasteiger partial charge on any atom is 0.270 e. The van der Waals surface area contributed by atoms with Gasteiger partial charge in [-0.15, -0.1) is 6.42 Å². The lowest BCUT2D eigenvalue weighted by Crippen LogP contribution is -2.57. The van der Waals surface area contributed by atoms with Crippen molar-refractivity contribution in [2.45, 2.75) is 18.9 Å². The average Bonchev–Trinajstić information content (AvgIpc) is 2.61. The Kier molecular flexibility index (Phi) is 3.51. The highest BCUT2D eigenvalue weighted by molar-refractivity contribution is 5.98. The molecule has 1 atom stereocenters. The maximum absolute atomic E-state index is 12.6. The van der Waals surface area contributed by atoms with Gasteiger partial charge in [-0.05, 0) is 44.0 Å². The third-order valence-electron chi connectivity index (χ3n) is 5.12. The molecule has 3 aliphatic rings. The monoisotopic (exact) mass is 305 g/mol. The Morgan fingerprint density at radius 1 is 1.35 bits per heavy atom. The molecule has 5 rings (SSSR count). The minimum atomic E-state index is -0.0996. The number of benzene rings is 1. The van der Waals surface area contributed by atoms with Crippen LogP contribution in [-0.2, 0) is 0 Å². The number of hydrogen-bond donors (Lipinski definition) is 1. The van der Waals surface area contributed by atoms with Crippen molar-refractivity contribution in [3.8, 4) is 12.3 Å². The first-order valence-corrected chi connectivity index (χ1v) is 8.13. The average molecular weight is 305 g/mol. The SMILES string of the molecule is C#Cc1cccc2cnc(C(=O)NC3CN4CCC3CC4)cc12. The molecule has 2 aromatic rings. The van der Waals surface area contributed by atoms with Crippen molar-refractivity contribution in [1.29, 1.82) is 0 Å². The summed E-state index contributed by atoms with van der Waals surface area (Å²) >= 11 is 0. The number of pyridine rings is 1. The number of rotatable bonds is 2. The lowest BCUT2D eigenvalue weighted by Gasteiger charge is -2.44. The fourth-order valence-corrected chi connectivity index (χ4v) is 3.79. The Hall–Kier alpha value is -2.38. The van der Waals surface area contributed by atoms with Gasteiger partial charge in [-0.1, -0.05) is 18.1 Å². The van der Waals surface area contributed by atoms with Crippen LogP contribution in [0, 0.1) is 18.3 Å². The molecule has 0 radical (unpaired) electrons. The minimum Gasteiger partial charge on any atom is -0.346 e. The second kappa shape index (κ2) is 5.68. The molecule has 4 heteroatoms. The lowest BCUT2D eigenvalue weighted by atomic mass is 9.84. The van der Waals surface area contributed by atoms with E-state index in [-0.39, 0.29) is 11.9 Å². The van der Waals surface area contributed by atoms with E-state index in [1.54, 1.807) is 12.3 Å². The Morgan fingerprint density at radius 2 is 2.17 bits per heavy atom. The number of piperidine rings is 3. The number of nitrogens with one attached hydrogen (secondary N) is 1. The Labute approximate surface area is 135 Å². The van der Waals surface area contributed by atoms with Crippen LogP contribution in [-0.4, -0.2) is 41.5 Å². The molecule has 116 valence electrons. The van der Waals surface area contributed by atoms with Gasteiger partial charge in [0.15, 0.2) is 0 Å². The molecule has 1 unspecified atom stereocenters. The summed E-state index contributed by atoms with van der Waals surface area (Å²) in [4.78, 5) is 19.3. The molecule has 4 nitrogen and oxygen atoms in total. The lowest BCUT2D eigenvalue weighted by molar-refractivity contribution is 0.0618. The molecule has 2 bridgehead atoms. The summed E-state index contributed by atoms with van der Waals surface area (Å²) < 4.78 is 0. The maximum atomic E-state index is 12.6. The molecule has 1 N–H and O–H groups in total. The van der Waals surface area contributed by atoms with Gasteiger partial charge in [0.2, 0.25) is 0 Å². The quantitative estimate of drug-likeness (QED) is 0.864. The normalized spacial score (nSPS) is 26.0. The van der Waals surface area contributed by atoms with E-state index >= 15 is 0 Å². The van der Waals surface area contributed by atoms with E-state index in [1.165, 1.54) is 12.8 Å². The molecule has 3 aliphatic heterocycles. The first-order chi connectivity index (χ1) is 11.2. The van der Waals surface area contributed by atoms with E-state index in [9.17, 15) is 4.79 Å². The number of amides is 1. The molecule has 3 fully saturated rings. The summed E-state index contributed by atoms with van der Waals surface area (Å²) in [6, 6.07) is 7.80. The minimum absolute atomic E-state index is 0.0996. The largest absolute Gasteiger partial charge is 0.346 e. The molecular weight excluding hydrogens is 286 g/mol. The second-order valence-electron chi connectivity index (χ2n) is 6.46. The zero-order valence-corrected chi connectivity index (χ0v) is 13.0. The van der Waals surface area contributed by atoms with Gasteiger partial charge in [0, 0.05) is 35.1 Å². The van der Waals surface area contributed by atoms with Crippen molar-refractivity contribution in [2.24, 2.45) is 5.92 Å². The van der Waals surface area contributed by atoms with Gasteiger partial charge in [-0.3, -0.25) is 9.78 Å².